The Morgan fingerprint density at radius 2 is 1.67 bits per heavy atom. The molecule has 5 heteroatoms. The summed E-state index contributed by atoms with van der Waals surface area (Å²) in [6, 6.07) is 15.7. The van der Waals surface area contributed by atoms with Gasteiger partial charge in [-0.2, -0.15) is 0 Å². The van der Waals surface area contributed by atoms with E-state index in [4.69, 9.17) is 0 Å². The molecule has 21 heavy (non-hydrogen) atoms. The minimum atomic E-state index is 0.0321. The quantitative estimate of drug-likeness (QED) is 0.756. The zero-order chi connectivity index (χ0) is 14.2. The van der Waals surface area contributed by atoms with E-state index in [1.165, 1.54) is 0 Å². The van der Waals surface area contributed by atoms with Gasteiger partial charge >= 0.3 is 0 Å². The fourth-order valence-corrected chi connectivity index (χ4v) is 2.49. The Hall–Kier alpha value is -2.95. The lowest BCUT2D eigenvalue weighted by molar-refractivity contribution is -0.115. The lowest BCUT2D eigenvalue weighted by Crippen LogP contribution is -2.03. The van der Waals surface area contributed by atoms with Crippen molar-refractivity contribution in [2.45, 2.75) is 6.42 Å². The second-order valence-corrected chi connectivity index (χ2v) is 4.99. The summed E-state index contributed by atoms with van der Waals surface area (Å²) < 4.78 is 0. The number of anilines is 1. The molecule has 102 valence electrons. The van der Waals surface area contributed by atoms with E-state index in [1.54, 1.807) is 0 Å². The van der Waals surface area contributed by atoms with Gasteiger partial charge < -0.3 is 10.3 Å². The summed E-state index contributed by atoms with van der Waals surface area (Å²) in [5, 5.41) is 11.2. The summed E-state index contributed by atoms with van der Waals surface area (Å²) in [5.74, 6) is 1.47. The van der Waals surface area contributed by atoms with Crippen molar-refractivity contribution in [2.24, 2.45) is 0 Å². The Balaban J connectivity index is 1.71. The van der Waals surface area contributed by atoms with E-state index >= 15 is 0 Å². The highest BCUT2D eigenvalue weighted by atomic mass is 16.1. The Morgan fingerprint density at radius 3 is 2.48 bits per heavy atom. The first kappa shape index (κ1) is 11.8. The summed E-state index contributed by atoms with van der Waals surface area (Å²) in [5.41, 5.74) is 3.80. The summed E-state index contributed by atoms with van der Waals surface area (Å²) in [4.78, 5) is 14.6. The van der Waals surface area contributed by atoms with Gasteiger partial charge in [0.05, 0.1) is 6.42 Å². The first-order valence-electron chi connectivity index (χ1n) is 6.71. The number of hydrogen-bond donors (Lipinski definition) is 2. The average Bonchev–Trinajstić information content (AvgIpc) is 3.12. The van der Waals surface area contributed by atoms with Crippen LogP contribution in [0.25, 0.3) is 22.8 Å². The minimum absolute atomic E-state index is 0.0321. The fourth-order valence-electron chi connectivity index (χ4n) is 2.49. The largest absolute Gasteiger partial charge is 0.326 e. The predicted octanol–water partition coefficient (Wildman–Crippen LogP) is 2.63. The smallest absolute Gasteiger partial charge is 0.228 e. The first-order chi connectivity index (χ1) is 10.3. The number of fused-ring (bicyclic) bond motifs is 1. The number of benzene rings is 2. The molecule has 0 bridgehead atoms. The molecule has 0 atom stereocenters. The second-order valence-electron chi connectivity index (χ2n) is 4.99. The van der Waals surface area contributed by atoms with Crippen LogP contribution in [0.4, 0.5) is 5.69 Å². The Kier molecular flexibility index (Phi) is 2.57. The van der Waals surface area contributed by atoms with E-state index in [1.807, 2.05) is 48.5 Å². The number of nitrogens with one attached hydrogen (secondary N) is 2. The average molecular weight is 276 g/mol. The van der Waals surface area contributed by atoms with E-state index in [0.717, 1.165) is 28.2 Å². The van der Waals surface area contributed by atoms with E-state index in [-0.39, 0.29) is 5.91 Å². The number of aromatic nitrogens is 3. The van der Waals surface area contributed by atoms with Gasteiger partial charge in [-0.15, -0.1) is 10.2 Å². The van der Waals surface area contributed by atoms with Gasteiger partial charge in [-0.1, -0.05) is 30.3 Å². The van der Waals surface area contributed by atoms with Gasteiger partial charge in [0.2, 0.25) is 5.91 Å². The van der Waals surface area contributed by atoms with Crippen molar-refractivity contribution in [3.05, 3.63) is 54.1 Å². The van der Waals surface area contributed by atoms with E-state index < -0.39 is 0 Å². The molecule has 0 aliphatic carbocycles. The molecule has 2 heterocycles. The molecule has 1 aromatic heterocycles. The van der Waals surface area contributed by atoms with Crippen LogP contribution in [-0.4, -0.2) is 21.1 Å². The third-order valence-electron chi connectivity index (χ3n) is 3.54. The van der Waals surface area contributed by atoms with Crippen LogP contribution in [0.3, 0.4) is 0 Å². The number of rotatable bonds is 2. The van der Waals surface area contributed by atoms with Gasteiger partial charge in [0.15, 0.2) is 11.6 Å². The Labute approximate surface area is 121 Å². The third kappa shape index (κ3) is 2.08. The number of H-pyrrole nitrogens is 1. The molecule has 0 saturated carbocycles. The van der Waals surface area contributed by atoms with Crippen molar-refractivity contribution < 1.29 is 4.79 Å². The maximum absolute atomic E-state index is 11.4. The molecule has 4 rings (SSSR count). The number of aromatic amines is 1. The minimum Gasteiger partial charge on any atom is -0.326 e. The van der Waals surface area contributed by atoms with Gasteiger partial charge in [-0.3, -0.25) is 4.79 Å². The van der Waals surface area contributed by atoms with Crippen molar-refractivity contribution in [2.75, 3.05) is 5.32 Å². The van der Waals surface area contributed by atoms with Gasteiger partial charge in [0.1, 0.15) is 0 Å². The molecule has 3 aromatic rings. The van der Waals surface area contributed by atoms with Crippen LogP contribution in [0, 0.1) is 0 Å². The van der Waals surface area contributed by atoms with Gasteiger partial charge in [0.25, 0.3) is 0 Å². The van der Waals surface area contributed by atoms with Crippen molar-refractivity contribution in [1.29, 1.82) is 0 Å². The maximum atomic E-state index is 11.4. The van der Waals surface area contributed by atoms with Gasteiger partial charge in [-0.05, 0) is 23.8 Å². The summed E-state index contributed by atoms with van der Waals surface area (Å²) in [7, 11) is 0. The van der Waals surface area contributed by atoms with E-state index in [2.05, 4.69) is 20.5 Å². The molecule has 1 amide bonds. The Morgan fingerprint density at radius 1 is 0.905 bits per heavy atom. The van der Waals surface area contributed by atoms with Crippen molar-refractivity contribution >= 4 is 11.6 Å². The van der Waals surface area contributed by atoms with Crippen LogP contribution in [-0.2, 0) is 11.2 Å². The molecular weight excluding hydrogens is 264 g/mol. The van der Waals surface area contributed by atoms with Gasteiger partial charge in [-0.25, -0.2) is 0 Å². The molecule has 0 radical (unpaired) electrons. The summed E-state index contributed by atoms with van der Waals surface area (Å²) >= 11 is 0. The van der Waals surface area contributed by atoms with Crippen molar-refractivity contribution in [3.63, 3.8) is 0 Å². The topological polar surface area (TPSA) is 70.7 Å². The van der Waals surface area contributed by atoms with Crippen LogP contribution in [0.1, 0.15) is 5.56 Å². The molecule has 0 fully saturated rings. The molecular formula is C16H12N4O. The van der Waals surface area contributed by atoms with Crippen LogP contribution in [0.15, 0.2) is 48.5 Å². The highest BCUT2D eigenvalue weighted by Gasteiger charge is 2.18. The lowest BCUT2D eigenvalue weighted by atomic mass is 10.1. The van der Waals surface area contributed by atoms with Crippen molar-refractivity contribution in [1.82, 2.24) is 15.2 Å². The normalized spacial score (nSPS) is 13.0. The summed E-state index contributed by atoms with van der Waals surface area (Å²) in [6.45, 7) is 0. The summed E-state index contributed by atoms with van der Waals surface area (Å²) in [6.07, 6.45) is 0.419. The molecule has 0 saturated heterocycles. The van der Waals surface area contributed by atoms with Crippen LogP contribution in [0.5, 0.6) is 0 Å². The first-order valence-corrected chi connectivity index (χ1v) is 6.71. The number of hydrogen-bond acceptors (Lipinski definition) is 3. The number of carbonyl (C=O) groups excluding carboxylic acids is 1. The SMILES string of the molecule is O=C1Cc2cc(-c3nnc(-c4ccccc4)[nH]3)ccc2N1. The standard InChI is InChI=1S/C16H12N4O/c21-14-9-12-8-11(6-7-13(12)17-14)16-18-15(19-20-16)10-4-2-1-3-5-10/h1-8H,9H2,(H,17,21)(H,18,19,20). The molecule has 5 nitrogen and oxygen atoms in total. The number of nitrogens with zero attached hydrogens (tertiary/aromatic N) is 2. The van der Waals surface area contributed by atoms with Crippen molar-refractivity contribution in [3.8, 4) is 22.8 Å². The van der Waals surface area contributed by atoms with Crippen LogP contribution in [0.2, 0.25) is 0 Å². The molecule has 0 unspecified atom stereocenters. The zero-order valence-corrected chi connectivity index (χ0v) is 11.1. The lowest BCUT2D eigenvalue weighted by Gasteiger charge is -2.00. The van der Waals surface area contributed by atoms with Crippen LogP contribution < -0.4 is 5.32 Å². The van der Waals surface area contributed by atoms with Gasteiger partial charge in [0, 0.05) is 16.8 Å². The zero-order valence-electron chi connectivity index (χ0n) is 11.1. The third-order valence-corrected chi connectivity index (χ3v) is 3.54. The molecule has 0 spiro atoms. The molecule has 1 aliphatic rings. The molecule has 2 N–H and O–H groups in total. The van der Waals surface area contributed by atoms with Crippen LogP contribution >= 0.6 is 0 Å². The number of amides is 1. The van der Waals surface area contributed by atoms with E-state index in [9.17, 15) is 4.79 Å². The molecule has 1 aliphatic heterocycles. The number of carbonyl (C=O) groups is 1. The van der Waals surface area contributed by atoms with E-state index in [0.29, 0.717) is 12.2 Å². The monoisotopic (exact) mass is 276 g/mol. The maximum Gasteiger partial charge on any atom is 0.228 e. The second kappa shape index (κ2) is 4.56. The predicted molar refractivity (Wildman–Crippen MR) is 79.6 cm³/mol. The molecule has 2 aromatic carbocycles. The highest BCUT2D eigenvalue weighted by molar-refractivity contribution is 5.99. The fraction of sp³-hybridized carbons (Fsp3) is 0.0625. The highest BCUT2D eigenvalue weighted by Crippen LogP contribution is 2.28. The Bertz CT molecular complexity index is 823.